The van der Waals surface area contributed by atoms with E-state index in [1.807, 2.05) is 0 Å². The molecule has 0 radical (unpaired) electrons. The van der Waals surface area contributed by atoms with E-state index in [0.29, 0.717) is 17.4 Å². The molecule has 2 aliphatic rings. The molecule has 50 valence electrons. The fraction of sp³-hybridized carbons (Fsp3) is 1.00. The Morgan fingerprint density at radius 1 is 1.78 bits per heavy atom. The first-order valence-electron chi connectivity index (χ1n) is 3.46. The molecule has 0 aromatic carbocycles. The zero-order valence-corrected chi connectivity index (χ0v) is 5.85. The third-order valence-corrected chi connectivity index (χ3v) is 3.74. The van der Waals surface area contributed by atoms with Crippen LogP contribution in [0, 0.1) is 21.7 Å². The van der Waals surface area contributed by atoms with Crippen molar-refractivity contribution in [1.82, 2.24) is 0 Å². The highest BCUT2D eigenvalue weighted by Crippen LogP contribution is 2.89. The van der Waals surface area contributed by atoms with Crippen LogP contribution in [0.25, 0.3) is 0 Å². The predicted octanol–water partition coefficient (Wildman–Crippen LogP) is 1.80. The van der Waals surface area contributed by atoms with Gasteiger partial charge in [-0.25, -0.2) is 0 Å². The van der Waals surface area contributed by atoms with Crippen LogP contribution in [0.4, 0.5) is 0 Å². The van der Waals surface area contributed by atoms with E-state index in [2.05, 4.69) is 19.0 Å². The van der Waals surface area contributed by atoms with Crippen molar-refractivity contribution in [3.8, 4) is 0 Å². The van der Waals surface area contributed by atoms with Gasteiger partial charge in [0, 0.05) is 5.41 Å². The van der Waals surface area contributed by atoms with Crippen LogP contribution < -0.4 is 0 Å². The van der Waals surface area contributed by atoms with Crippen molar-refractivity contribution in [2.75, 3.05) is 6.54 Å². The van der Waals surface area contributed by atoms with E-state index in [1.54, 1.807) is 0 Å². The fourth-order valence-corrected chi connectivity index (χ4v) is 2.38. The van der Waals surface area contributed by atoms with Crippen LogP contribution in [0.3, 0.4) is 0 Å². The van der Waals surface area contributed by atoms with E-state index in [-0.39, 0.29) is 0 Å². The number of nitroso groups, excluding NO2 is 1. The van der Waals surface area contributed by atoms with E-state index in [1.165, 1.54) is 6.42 Å². The highest BCUT2D eigenvalue weighted by molar-refractivity contribution is 5.33. The third-order valence-electron chi connectivity index (χ3n) is 3.74. The first-order valence-corrected chi connectivity index (χ1v) is 3.46. The summed E-state index contributed by atoms with van der Waals surface area (Å²) >= 11 is 0. The number of fused-ring (bicyclic) bond motifs is 1. The largest absolute Gasteiger partial charge is 0.151 e. The van der Waals surface area contributed by atoms with Crippen molar-refractivity contribution in [3.63, 3.8) is 0 Å². The smallest absolute Gasteiger partial charge is 0.0875 e. The van der Waals surface area contributed by atoms with Gasteiger partial charge in [-0.2, -0.15) is 4.91 Å². The minimum absolute atomic E-state index is 0.384. The number of nitrogens with zero attached hydrogens (tertiary/aromatic N) is 1. The van der Waals surface area contributed by atoms with Gasteiger partial charge in [0.25, 0.3) is 0 Å². The lowest BCUT2D eigenvalue weighted by molar-refractivity contribution is 0.497. The van der Waals surface area contributed by atoms with Gasteiger partial charge in [0.05, 0.1) is 6.54 Å². The molecule has 2 nitrogen and oxygen atoms in total. The van der Waals surface area contributed by atoms with Crippen molar-refractivity contribution in [1.29, 1.82) is 0 Å². The van der Waals surface area contributed by atoms with Crippen LogP contribution >= 0.6 is 0 Å². The van der Waals surface area contributed by atoms with Gasteiger partial charge < -0.3 is 0 Å². The van der Waals surface area contributed by atoms with E-state index < -0.39 is 0 Å². The Morgan fingerprint density at radius 2 is 2.33 bits per heavy atom. The Hall–Kier alpha value is -0.400. The molecule has 0 amide bonds. The van der Waals surface area contributed by atoms with Crippen LogP contribution in [0.5, 0.6) is 0 Å². The SMILES string of the molecule is CC1C2(C)CC12CN=O. The highest BCUT2D eigenvalue weighted by Gasteiger charge is 2.85. The Labute approximate surface area is 54.6 Å². The Bertz CT molecular complexity index is 180. The molecule has 0 saturated heterocycles. The molecule has 0 heterocycles. The molecule has 2 fully saturated rings. The molecule has 0 bridgehead atoms. The second-order valence-electron chi connectivity index (χ2n) is 3.76. The molecule has 3 atom stereocenters. The summed E-state index contributed by atoms with van der Waals surface area (Å²) in [7, 11) is 0. The Morgan fingerprint density at radius 3 is 2.44 bits per heavy atom. The molecule has 0 aliphatic heterocycles. The molecule has 2 aliphatic carbocycles. The Balaban J connectivity index is 2.09. The molecule has 9 heavy (non-hydrogen) atoms. The van der Waals surface area contributed by atoms with E-state index in [0.717, 1.165) is 5.92 Å². The number of hydrogen-bond donors (Lipinski definition) is 0. The lowest BCUT2D eigenvalue weighted by atomic mass is 10.1. The summed E-state index contributed by atoms with van der Waals surface area (Å²) < 4.78 is 0. The summed E-state index contributed by atoms with van der Waals surface area (Å²) in [5.41, 5.74) is 0.912. The molecule has 2 saturated carbocycles. The van der Waals surface area contributed by atoms with E-state index in [4.69, 9.17) is 0 Å². The molecule has 2 rings (SSSR count). The van der Waals surface area contributed by atoms with E-state index >= 15 is 0 Å². The molecular formula is C7H11NO. The van der Waals surface area contributed by atoms with Crippen LogP contribution in [-0.2, 0) is 0 Å². The number of hydrogen-bond acceptors (Lipinski definition) is 2. The lowest BCUT2D eigenvalue weighted by Gasteiger charge is -2.00. The molecule has 3 unspecified atom stereocenters. The minimum atomic E-state index is 0.384. The van der Waals surface area contributed by atoms with Gasteiger partial charge in [0.1, 0.15) is 0 Å². The van der Waals surface area contributed by atoms with Crippen LogP contribution in [-0.4, -0.2) is 6.54 Å². The average Bonchev–Trinajstić information content (AvgIpc) is 2.54. The van der Waals surface area contributed by atoms with Gasteiger partial charge in [0.2, 0.25) is 0 Å². The molecular weight excluding hydrogens is 114 g/mol. The Kier molecular flexibility index (Phi) is 0.640. The molecule has 0 N–H and O–H groups in total. The van der Waals surface area contributed by atoms with Gasteiger partial charge in [-0.3, -0.25) is 0 Å². The minimum Gasteiger partial charge on any atom is -0.151 e. The lowest BCUT2D eigenvalue weighted by Crippen LogP contribution is -1.98. The number of rotatable bonds is 2. The maximum absolute atomic E-state index is 9.92. The van der Waals surface area contributed by atoms with Gasteiger partial charge in [-0.15, -0.1) is 0 Å². The van der Waals surface area contributed by atoms with Gasteiger partial charge in [-0.05, 0) is 17.8 Å². The maximum Gasteiger partial charge on any atom is 0.0875 e. The summed E-state index contributed by atoms with van der Waals surface area (Å²) in [4.78, 5) is 9.92. The van der Waals surface area contributed by atoms with Crippen LogP contribution in [0.2, 0.25) is 0 Å². The van der Waals surface area contributed by atoms with Gasteiger partial charge in [0.15, 0.2) is 0 Å². The standard InChI is InChI=1S/C7H11NO/c1-5-6(2)3-7(5,6)4-8-9/h5H,3-4H2,1-2H3. The van der Waals surface area contributed by atoms with Gasteiger partial charge in [-0.1, -0.05) is 19.0 Å². The summed E-state index contributed by atoms with van der Waals surface area (Å²) in [5.74, 6) is 0.766. The second kappa shape index (κ2) is 1.07. The molecule has 2 heteroatoms. The normalized spacial score (nSPS) is 60.4. The van der Waals surface area contributed by atoms with Crippen molar-refractivity contribution >= 4 is 0 Å². The zero-order valence-electron chi connectivity index (χ0n) is 5.85. The monoisotopic (exact) mass is 125 g/mol. The third kappa shape index (κ3) is 0.337. The van der Waals surface area contributed by atoms with Gasteiger partial charge >= 0.3 is 0 Å². The summed E-state index contributed by atoms with van der Waals surface area (Å²) in [6.45, 7) is 5.03. The topological polar surface area (TPSA) is 29.4 Å². The first kappa shape index (κ1) is 5.39. The summed E-state index contributed by atoms with van der Waals surface area (Å²) in [5, 5.41) is 2.96. The van der Waals surface area contributed by atoms with Crippen molar-refractivity contribution in [2.24, 2.45) is 21.9 Å². The quantitative estimate of drug-likeness (QED) is 0.517. The zero-order chi connectivity index (χ0) is 6.70. The van der Waals surface area contributed by atoms with Crippen LogP contribution in [0.15, 0.2) is 5.18 Å². The predicted molar refractivity (Wildman–Crippen MR) is 35.0 cm³/mol. The second-order valence-corrected chi connectivity index (χ2v) is 3.76. The maximum atomic E-state index is 9.92. The first-order chi connectivity index (χ1) is 4.17. The van der Waals surface area contributed by atoms with Crippen molar-refractivity contribution < 1.29 is 0 Å². The molecule has 0 spiro atoms. The van der Waals surface area contributed by atoms with E-state index in [9.17, 15) is 4.91 Å². The highest BCUT2D eigenvalue weighted by atomic mass is 16.3. The van der Waals surface area contributed by atoms with Crippen LogP contribution in [0.1, 0.15) is 20.3 Å². The summed E-state index contributed by atoms with van der Waals surface area (Å²) in [6.07, 6.45) is 1.24. The molecule has 0 aromatic heterocycles. The van der Waals surface area contributed by atoms with Crippen molar-refractivity contribution in [3.05, 3.63) is 4.91 Å². The van der Waals surface area contributed by atoms with Crippen molar-refractivity contribution in [2.45, 2.75) is 20.3 Å². The summed E-state index contributed by atoms with van der Waals surface area (Å²) in [6, 6.07) is 0. The average molecular weight is 125 g/mol. The molecule has 0 aromatic rings. The fourth-order valence-electron chi connectivity index (χ4n) is 2.38.